The monoisotopic (exact) mass is 444 g/mol. The Balaban J connectivity index is 1.59. The molecule has 0 radical (unpaired) electrons. The van der Waals surface area contributed by atoms with Crippen molar-refractivity contribution in [3.63, 3.8) is 0 Å². The normalized spacial score (nSPS) is 18.3. The first kappa shape index (κ1) is 21.8. The van der Waals surface area contributed by atoms with Crippen LogP contribution < -0.4 is 10.6 Å². The van der Waals surface area contributed by atoms with E-state index >= 15 is 0 Å². The van der Waals surface area contributed by atoms with E-state index in [1.807, 2.05) is 6.20 Å². The number of aliphatic hydroxyl groups excluding tert-OH is 1. The van der Waals surface area contributed by atoms with Gasteiger partial charge in [-0.2, -0.15) is 4.98 Å². The molecule has 0 aromatic carbocycles. The molecule has 0 spiro atoms. The lowest BCUT2D eigenvalue weighted by atomic mass is 9.96. The van der Waals surface area contributed by atoms with Gasteiger partial charge in [-0.15, -0.1) is 0 Å². The number of aromatic nitrogens is 3. The molecule has 4 heterocycles. The lowest BCUT2D eigenvalue weighted by Gasteiger charge is -2.38. The van der Waals surface area contributed by atoms with Crippen molar-refractivity contribution in [3.05, 3.63) is 39.3 Å². The predicted octanol–water partition coefficient (Wildman–Crippen LogP) is 2.23. The van der Waals surface area contributed by atoms with Crippen LogP contribution in [0.1, 0.15) is 47.2 Å². The summed E-state index contributed by atoms with van der Waals surface area (Å²) in [4.78, 5) is 29.9. The van der Waals surface area contributed by atoms with E-state index in [2.05, 4.69) is 40.6 Å². The van der Waals surface area contributed by atoms with Gasteiger partial charge in [0.15, 0.2) is 0 Å². The molecule has 2 aliphatic rings. The quantitative estimate of drug-likeness (QED) is 0.657. The zero-order valence-corrected chi connectivity index (χ0v) is 19.0. The van der Waals surface area contributed by atoms with Gasteiger partial charge in [0.2, 0.25) is 11.9 Å². The highest BCUT2D eigenvalue weighted by atomic mass is 35.5. The number of carbonyl (C=O) groups is 1. The summed E-state index contributed by atoms with van der Waals surface area (Å²) in [6.07, 6.45) is 3.20. The first-order valence-electron chi connectivity index (χ1n) is 10.7. The summed E-state index contributed by atoms with van der Waals surface area (Å²) in [6.45, 7) is 8.84. The van der Waals surface area contributed by atoms with E-state index in [9.17, 15) is 9.90 Å². The van der Waals surface area contributed by atoms with Gasteiger partial charge in [-0.3, -0.25) is 9.78 Å². The topological polar surface area (TPSA) is 108 Å². The second-order valence-electron chi connectivity index (χ2n) is 8.58. The standard InChI is InChI=1S/C22H29ClN6O2/c1-4-16-12(2)6-25-17(13(16)3)10-29-9-15(5-18(31)28-7-14(8-28)11-30)19-20(23)26-22(24)27-21(19)29/h6,14-15,30H,4-5,7-11H2,1-3H3,(H2,24,26,27). The van der Waals surface area contributed by atoms with Gasteiger partial charge in [0.25, 0.3) is 0 Å². The zero-order chi connectivity index (χ0) is 22.3. The number of pyridine rings is 1. The van der Waals surface area contributed by atoms with Crippen LogP contribution in [0.3, 0.4) is 0 Å². The van der Waals surface area contributed by atoms with E-state index < -0.39 is 0 Å². The molecule has 9 heteroatoms. The van der Waals surface area contributed by atoms with Crippen LogP contribution in [0.5, 0.6) is 0 Å². The number of nitrogens with two attached hydrogens (primary N) is 1. The third-order valence-corrected chi connectivity index (χ3v) is 6.79. The molecule has 1 unspecified atom stereocenters. The van der Waals surface area contributed by atoms with Crippen molar-refractivity contribution in [2.45, 2.75) is 46.1 Å². The fourth-order valence-electron chi connectivity index (χ4n) is 4.72. The van der Waals surface area contributed by atoms with Crippen molar-refractivity contribution in [2.24, 2.45) is 5.92 Å². The highest BCUT2D eigenvalue weighted by Crippen LogP contribution is 2.42. The van der Waals surface area contributed by atoms with Crippen molar-refractivity contribution in [3.8, 4) is 0 Å². The summed E-state index contributed by atoms with van der Waals surface area (Å²) in [5, 5.41) is 9.53. The van der Waals surface area contributed by atoms with Gasteiger partial charge >= 0.3 is 0 Å². The molecule has 8 nitrogen and oxygen atoms in total. The Morgan fingerprint density at radius 2 is 2.03 bits per heavy atom. The third kappa shape index (κ3) is 4.06. The molecule has 0 saturated carbocycles. The van der Waals surface area contributed by atoms with E-state index in [0.717, 1.165) is 17.7 Å². The van der Waals surface area contributed by atoms with Crippen LogP contribution in [-0.4, -0.2) is 57.1 Å². The molecular formula is C22H29ClN6O2. The summed E-state index contributed by atoms with van der Waals surface area (Å²) in [6, 6.07) is 0. The van der Waals surface area contributed by atoms with Crippen LogP contribution in [0.2, 0.25) is 5.15 Å². The smallest absolute Gasteiger partial charge is 0.223 e. The Morgan fingerprint density at radius 1 is 1.29 bits per heavy atom. The van der Waals surface area contributed by atoms with E-state index in [0.29, 0.717) is 43.6 Å². The van der Waals surface area contributed by atoms with Gasteiger partial charge in [-0.1, -0.05) is 18.5 Å². The number of amides is 1. The second kappa shape index (κ2) is 8.59. The van der Waals surface area contributed by atoms with E-state index in [1.165, 1.54) is 16.7 Å². The average molecular weight is 445 g/mol. The minimum Gasteiger partial charge on any atom is -0.396 e. The van der Waals surface area contributed by atoms with Crippen molar-refractivity contribution in [2.75, 3.05) is 36.9 Å². The lowest BCUT2D eigenvalue weighted by Crippen LogP contribution is -2.51. The summed E-state index contributed by atoms with van der Waals surface area (Å²) in [7, 11) is 0. The van der Waals surface area contributed by atoms with Crippen LogP contribution >= 0.6 is 11.6 Å². The maximum atomic E-state index is 12.8. The molecule has 1 fully saturated rings. The third-order valence-electron chi connectivity index (χ3n) is 6.50. The van der Waals surface area contributed by atoms with Gasteiger partial charge < -0.3 is 20.6 Å². The molecule has 31 heavy (non-hydrogen) atoms. The van der Waals surface area contributed by atoms with Gasteiger partial charge in [0.1, 0.15) is 11.0 Å². The van der Waals surface area contributed by atoms with E-state index in [-0.39, 0.29) is 30.3 Å². The van der Waals surface area contributed by atoms with Crippen molar-refractivity contribution < 1.29 is 9.90 Å². The molecule has 2 aromatic rings. The van der Waals surface area contributed by atoms with Crippen LogP contribution in [0.25, 0.3) is 0 Å². The fraction of sp³-hybridized carbons (Fsp3) is 0.545. The average Bonchev–Trinajstić information content (AvgIpc) is 3.00. The van der Waals surface area contributed by atoms with Crippen molar-refractivity contribution in [1.82, 2.24) is 19.9 Å². The minimum atomic E-state index is -0.111. The molecule has 2 aliphatic heterocycles. The Bertz CT molecular complexity index is 1010. The summed E-state index contributed by atoms with van der Waals surface area (Å²) < 4.78 is 0. The molecular weight excluding hydrogens is 416 g/mol. The number of rotatable bonds is 6. The number of halogens is 1. The maximum Gasteiger partial charge on any atom is 0.223 e. The largest absolute Gasteiger partial charge is 0.396 e. The molecule has 1 saturated heterocycles. The Kier molecular flexibility index (Phi) is 6.03. The minimum absolute atomic E-state index is 0.0632. The number of nitrogen functional groups attached to an aromatic ring is 1. The number of hydrogen-bond donors (Lipinski definition) is 2. The summed E-state index contributed by atoms with van der Waals surface area (Å²) in [5.74, 6) is 0.948. The molecule has 0 bridgehead atoms. The first-order chi connectivity index (χ1) is 14.8. The molecule has 2 aromatic heterocycles. The summed E-state index contributed by atoms with van der Waals surface area (Å²) >= 11 is 6.46. The van der Waals surface area contributed by atoms with Crippen LogP contribution in [-0.2, 0) is 17.8 Å². The number of hydrogen-bond acceptors (Lipinski definition) is 7. The number of likely N-dealkylation sites (tertiary alicyclic amines) is 1. The Morgan fingerprint density at radius 3 is 2.71 bits per heavy atom. The molecule has 3 N–H and O–H groups in total. The highest BCUT2D eigenvalue weighted by Gasteiger charge is 2.38. The van der Waals surface area contributed by atoms with E-state index in [4.69, 9.17) is 17.3 Å². The highest BCUT2D eigenvalue weighted by molar-refractivity contribution is 6.30. The summed E-state index contributed by atoms with van der Waals surface area (Å²) in [5.41, 5.74) is 11.4. The molecule has 1 atom stereocenters. The van der Waals surface area contributed by atoms with Crippen molar-refractivity contribution >= 4 is 29.3 Å². The number of aliphatic hydroxyl groups is 1. The van der Waals surface area contributed by atoms with Crippen LogP contribution in [0.15, 0.2) is 6.20 Å². The second-order valence-corrected chi connectivity index (χ2v) is 8.94. The lowest BCUT2D eigenvalue weighted by molar-refractivity contribution is -0.138. The number of fused-ring (bicyclic) bond motifs is 1. The van der Waals surface area contributed by atoms with Gasteiger partial charge in [0.05, 0.1) is 12.2 Å². The zero-order valence-electron chi connectivity index (χ0n) is 18.2. The van der Waals surface area contributed by atoms with Gasteiger partial charge in [0, 0.05) is 56.3 Å². The van der Waals surface area contributed by atoms with Crippen LogP contribution in [0.4, 0.5) is 11.8 Å². The van der Waals surface area contributed by atoms with Gasteiger partial charge in [-0.05, 0) is 37.0 Å². The van der Waals surface area contributed by atoms with Crippen molar-refractivity contribution in [1.29, 1.82) is 0 Å². The number of carbonyl (C=O) groups excluding carboxylic acids is 1. The van der Waals surface area contributed by atoms with E-state index in [1.54, 1.807) is 4.90 Å². The number of aryl methyl sites for hydroxylation is 1. The predicted molar refractivity (Wildman–Crippen MR) is 120 cm³/mol. The molecule has 166 valence electrons. The Hall–Kier alpha value is -2.45. The molecule has 0 aliphatic carbocycles. The van der Waals surface area contributed by atoms with Gasteiger partial charge in [-0.25, -0.2) is 4.98 Å². The Labute approximate surface area is 187 Å². The SMILES string of the molecule is CCc1c(C)cnc(CN2CC(CC(=O)N3CC(CO)C3)c3c(Cl)nc(N)nc32)c1C. The first-order valence-corrected chi connectivity index (χ1v) is 11.1. The fourth-order valence-corrected chi connectivity index (χ4v) is 5.05. The number of anilines is 2. The molecule has 1 amide bonds. The maximum absolute atomic E-state index is 12.8. The molecule has 4 rings (SSSR count). The number of nitrogens with zero attached hydrogens (tertiary/aromatic N) is 5. The van der Waals surface area contributed by atoms with Crippen LogP contribution in [0, 0.1) is 19.8 Å².